The summed E-state index contributed by atoms with van der Waals surface area (Å²) in [4.78, 5) is 11.8. The average molecular weight is 250 g/mol. The summed E-state index contributed by atoms with van der Waals surface area (Å²) in [6, 6.07) is 14.0. The first-order valence-electron chi connectivity index (χ1n) is 5.58. The van der Waals surface area contributed by atoms with Crippen LogP contribution >= 0.6 is 0 Å². The number of carbonyl (C=O) groups is 1. The Bertz CT molecular complexity index is 688. The third-order valence-corrected chi connectivity index (χ3v) is 2.53. The zero-order chi connectivity index (χ0) is 13.7. The van der Waals surface area contributed by atoms with E-state index in [1.165, 1.54) is 0 Å². The molecule has 0 aliphatic heterocycles. The number of nitriles is 2. The van der Waals surface area contributed by atoms with Crippen LogP contribution in [0.1, 0.15) is 11.3 Å². The van der Waals surface area contributed by atoms with E-state index < -0.39 is 0 Å². The first kappa shape index (κ1) is 12.4. The van der Waals surface area contributed by atoms with Crippen LogP contribution in [0, 0.1) is 22.7 Å². The smallest absolute Gasteiger partial charge is 0.244 e. The van der Waals surface area contributed by atoms with E-state index >= 15 is 0 Å². The van der Waals surface area contributed by atoms with Gasteiger partial charge in [-0.25, -0.2) is 0 Å². The Labute approximate surface area is 110 Å². The van der Waals surface area contributed by atoms with Crippen LogP contribution in [0.3, 0.4) is 0 Å². The minimum absolute atomic E-state index is 0.0622. The van der Waals surface area contributed by atoms with Crippen molar-refractivity contribution in [3.63, 3.8) is 0 Å². The molecule has 0 aliphatic carbocycles. The number of anilines is 1. The zero-order valence-corrected chi connectivity index (χ0v) is 10.00. The lowest BCUT2D eigenvalue weighted by Gasteiger charge is -2.07. The summed E-state index contributed by atoms with van der Waals surface area (Å²) >= 11 is 0. The van der Waals surface area contributed by atoms with Crippen molar-refractivity contribution in [2.75, 3.05) is 5.32 Å². The number of amides is 1. The fraction of sp³-hybridized carbons (Fsp3) is 0.0714. The van der Waals surface area contributed by atoms with E-state index in [1.54, 1.807) is 47.2 Å². The van der Waals surface area contributed by atoms with E-state index in [1.807, 2.05) is 12.1 Å². The molecule has 2 aromatic rings. The lowest BCUT2D eigenvalue weighted by atomic mass is 10.2. The highest BCUT2D eigenvalue weighted by molar-refractivity contribution is 5.90. The van der Waals surface area contributed by atoms with Gasteiger partial charge in [0.15, 0.2) is 0 Å². The number of hydrogen-bond donors (Lipinski definition) is 1. The number of nitrogens with zero attached hydrogens (tertiary/aromatic N) is 3. The predicted molar refractivity (Wildman–Crippen MR) is 68.9 cm³/mol. The van der Waals surface area contributed by atoms with Crippen molar-refractivity contribution >= 4 is 11.6 Å². The van der Waals surface area contributed by atoms with Crippen molar-refractivity contribution in [3.05, 3.63) is 53.9 Å². The Morgan fingerprint density at radius 2 is 2.05 bits per heavy atom. The van der Waals surface area contributed by atoms with Gasteiger partial charge in [0.25, 0.3) is 0 Å². The molecule has 19 heavy (non-hydrogen) atoms. The zero-order valence-electron chi connectivity index (χ0n) is 10.00. The second-order valence-corrected chi connectivity index (χ2v) is 3.87. The van der Waals surface area contributed by atoms with Crippen LogP contribution in [0.15, 0.2) is 42.6 Å². The SMILES string of the molecule is N#Cc1cccc(NC(=O)Cn2cccc2C#N)c1. The highest BCUT2D eigenvalue weighted by Gasteiger charge is 2.06. The molecule has 1 N–H and O–H groups in total. The minimum Gasteiger partial charge on any atom is -0.330 e. The molecule has 0 aliphatic rings. The molecule has 5 nitrogen and oxygen atoms in total. The standard InChI is InChI=1S/C14H10N4O/c15-8-11-3-1-4-12(7-11)17-14(19)10-18-6-2-5-13(18)9-16/h1-7H,10H2,(H,17,19). The summed E-state index contributed by atoms with van der Waals surface area (Å²) in [6.45, 7) is 0.0622. The van der Waals surface area contributed by atoms with Crippen molar-refractivity contribution in [2.45, 2.75) is 6.54 Å². The Morgan fingerprint density at radius 1 is 1.21 bits per heavy atom. The predicted octanol–water partition coefficient (Wildman–Crippen LogP) is 1.87. The molecule has 1 amide bonds. The van der Waals surface area contributed by atoms with Crippen molar-refractivity contribution in [1.29, 1.82) is 10.5 Å². The van der Waals surface area contributed by atoms with Crippen LogP contribution in [-0.4, -0.2) is 10.5 Å². The molecule has 0 unspecified atom stereocenters. The molecule has 0 radical (unpaired) electrons. The van der Waals surface area contributed by atoms with E-state index in [0.29, 0.717) is 16.9 Å². The Morgan fingerprint density at radius 3 is 2.79 bits per heavy atom. The maximum absolute atomic E-state index is 11.8. The molecule has 1 aromatic heterocycles. The molecule has 1 aromatic carbocycles. The second-order valence-electron chi connectivity index (χ2n) is 3.87. The van der Waals surface area contributed by atoms with Gasteiger partial charge in [-0.2, -0.15) is 10.5 Å². The van der Waals surface area contributed by atoms with Crippen LogP contribution in [0.25, 0.3) is 0 Å². The molecule has 1 heterocycles. The maximum atomic E-state index is 11.8. The lowest BCUT2D eigenvalue weighted by molar-refractivity contribution is -0.116. The van der Waals surface area contributed by atoms with Gasteiger partial charge in [0.2, 0.25) is 5.91 Å². The van der Waals surface area contributed by atoms with E-state index in [4.69, 9.17) is 10.5 Å². The third-order valence-electron chi connectivity index (χ3n) is 2.53. The fourth-order valence-electron chi connectivity index (χ4n) is 1.68. The van der Waals surface area contributed by atoms with Gasteiger partial charge < -0.3 is 9.88 Å². The molecule has 0 atom stereocenters. The topological polar surface area (TPSA) is 81.6 Å². The van der Waals surface area contributed by atoms with E-state index in [9.17, 15) is 4.79 Å². The molecule has 0 spiro atoms. The Hall–Kier alpha value is -3.05. The molecule has 0 bridgehead atoms. The van der Waals surface area contributed by atoms with Gasteiger partial charge in [-0.3, -0.25) is 4.79 Å². The summed E-state index contributed by atoms with van der Waals surface area (Å²) in [5.41, 5.74) is 1.48. The summed E-state index contributed by atoms with van der Waals surface area (Å²) in [7, 11) is 0. The fourth-order valence-corrected chi connectivity index (χ4v) is 1.68. The van der Waals surface area contributed by atoms with Crippen molar-refractivity contribution < 1.29 is 4.79 Å². The molecule has 92 valence electrons. The van der Waals surface area contributed by atoms with Crippen LogP contribution < -0.4 is 5.32 Å². The summed E-state index contributed by atoms with van der Waals surface area (Å²) in [5, 5.41) is 20.3. The number of rotatable bonds is 3. The second kappa shape index (κ2) is 5.52. The van der Waals surface area contributed by atoms with Gasteiger partial charge in [-0.05, 0) is 30.3 Å². The van der Waals surface area contributed by atoms with E-state index in [0.717, 1.165) is 0 Å². The normalized spacial score (nSPS) is 9.37. The maximum Gasteiger partial charge on any atom is 0.244 e. The van der Waals surface area contributed by atoms with E-state index in [-0.39, 0.29) is 12.5 Å². The number of carbonyl (C=O) groups excluding carboxylic acids is 1. The first-order valence-corrected chi connectivity index (χ1v) is 5.58. The van der Waals surface area contributed by atoms with Crippen LogP contribution in [0.2, 0.25) is 0 Å². The summed E-state index contributed by atoms with van der Waals surface area (Å²) < 4.78 is 1.56. The van der Waals surface area contributed by atoms with Crippen LogP contribution in [0.4, 0.5) is 5.69 Å². The average Bonchev–Trinajstić information content (AvgIpc) is 2.86. The summed E-state index contributed by atoms with van der Waals surface area (Å²) in [6.07, 6.45) is 1.67. The lowest BCUT2D eigenvalue weighted by Crippen LogP contribution is -2.19. The van der Waals surface area contributed by atoms with Crippen molar-refractivity contribution in [1.82, 2.24) is 4.57 Å². The highest BCUT2D eigenvalue weighted by Crippen LogP contribution is 2.10. The van der Waals surface area contributed by atoms with Gasteiger partial charge in [0.1, 0.15) is 18.3 Å². The molecular weight excluding hydrogens is 240 g/mol. The number of benzene rings is 1. The number of hydrogen-bond acceptors (Lipinski definition) is 3. The largest absolute Gasteiger partial charge is 0.330 e. The molecule has 5 heteroatoms. The third kappa shape index (κ3) is 2.99. The monoisotopic (exact) mass is 250 g/mol. The van der Waals surface area contributed by atoms with Gasteiger partial charge in [0.05, 0.1) is 11.6 Å². The quantitative estimate of drug-likeness (QED) is 0.902. The van der Waals surface area contributed by atoms with Crippen molar-refractivity contribution in [2.24, 2.45) is 0 Å². The van der Waals surface area contributed by atoms with Gasteiger partial charge in [-0.1, -0.05) is 6.07 Å². The van der Waals surface area contributed by atoms with Gasteiger partial charge in [-0.15, -0.1) is 0 Å². The first-order chi connectivity index (χ1) is 9.22. The minimum atomic E-state index is -0.247. The van der Waals surface area contributed by atoms with E-state index in [2.05, 4.69) is 5.32 Å². The molecular formula is C14H10N4O. The molecule has 0 saturated carbocycles. The summed E-state index contributed by atoms with van der Waals surface area (Å²) in [5.74, 6) is -0.247. The molecule has 0 fully saturated rings. The highest BCUT2D eigenvalue weighted by atomic mass is 16.1. The van der Waals surface area contributed by atoms with Crippen molar-refractivity contribution in [3.8, 4) is 12.1 Å². The Balaban J connectivity index is 2.06. The number of aromatic nitrogens is 1. The molecule has 2 rings (SSSR count). The van der Waals surface area contributed by atoms with Crippen LogP contribution in [0.5, 0.6) is 0 Å². The molecule has 0 saturated heterocycles. The van der Waals surface area contributed by atoms with Crippen LogP contribution in [-0.2, 0) is 11.3 Å². The van der Waals surface area contributed by atoms with Gasteiger partial charge in [0, 0.05) is 11.9 Å². The number of nitrogens with one attached hydrogen (secondary N) is 1. The van der Waals surface area contributed by atoms with Gasteiger partial charge >= 0.3 is 0 Å². The Kier molecular flexibility index (Phi) is 3.61.